The Bertz CT molecular complexity index is 1530. The highest BCUT2D eigenvalue weighted by atomic mass is 32.2. The number of ketones is 1. The van der Waals surface area contributed by atoms with E-state index in [9.17, 15) is 41.2 Å². The highest BCUT2D eigenvalue weighted by molar-refractivity contribution is 7.90. The van der Waals surface area contributed by atoms with Gasteiger partial charge in [-0.05, 0) is 36.2 Å². The maximum absolute atomic E-state index is 13.7. The molecule has 37 heavy (non-hydrogen) atoms. The molecular formula is C23H18F3N5O5S. The van der Waals surface area contributed by atoms with E-state index in [0.29, 0.717) is 17.0 Å². The molecule has 4 amide bonds. The summed E-state index contributed by atoms with van der Waals surface area (Å²) in [6.45, 7) is 0. The lowest BCUT2D eigenvalue weighted by Gasteiger charge is -2.40. The zero-order valence-corrected chi connectivity index (χ0v) is 20.1. The van der Waals surface area contributed by atoms with Crippen molar-refractivity contribution in [2.45, 2.75) is 30.0 Å². The average molecular weight is 533 g/mol. The fourth-order valence-corrected chi connectivity index (χ4v) is 5.34. The van der Waals surface area contributed by atoms with E-state index in [0.717, 1.165) is 23.4 Å². The van der Waals surface area contributed by atoms with E-state index >= 15 is 0 Å². The number of Topliss-reactive ketones (excluding diaryl/α,β-unsaturated/α-hetero) is 1. The molecule has 0 saturated heterocycles. The van der Waals surface area contributed by atoms with Gasteiger partial charge in [-0.25, -0.2) is 32.8 Å². The van der Waals surface area contributed by atoms with Crippen molar-refractivity contribution in [2.24, 2.45) is 0 Å². The first-order valence-corrected chi connectivity index (χ1v) is 12.6. The van der Waals surface area contributed by atoms with Crippen molar-refractivity contribution in [2.75, 3.05) is 18.2 Å². The largest absolute Gasteiger partial charge is 0.416 e. The number of anilines is 1. The summed E-state index contributed by atoms with van der Waals surface area (Å²) >= 11 is 0. The smallest absolute Gasteiger partial charge is 0.341 e. The molecule has 0 radical (unpaired) electrons. The molecule has 1 unspecified atom stereocenters. The molecule has 2 aromatic rings. The Balaban J connectivity index is 2.03. The lowest BCUT2D eigenvalue weighted by Crippen LogP contribution is -2.55. The van der Waals surface area contributed by atoms with Crippen LogP contribution >= 0.6 is 0 Å². The highest BCUT2D eigenvalue weighted by Crippen LogP contribution is 2.46. The molecule has 1 atom stereocenters. The molecule has 10 nitrogen and oxygen atoms in total. The van der Waals surface area contributed by atoms with Gasteiger partial charge >= 0.3 is 18.2 Å². The normalized spacial score (nSPS) is 18.1. The second-order valence-electron chi connectivity index (χ2n) is 8.27. The number of rotatable bonds is 3. The van der Waals surface area contributed by atoms with Crippen LogP contribution in [0.25, 0.3) is 0 Å². The molecule has 1 aliphatic carbocycles. The van der Waals surface area contributed by atoms with Crippen molar-refractivity contribution in [3.8, 4) is 6.07 Å². The summed E-state index contributed by atoms with van der Waals surface area (Å²) in [5.74, 6) is -0.986. The predicted molar refractivity (Wildman–Crippen MR) is 122 cm³/mol. The number of amides is 4. The van der Waals surface area contributed by atoms with Gasteiger partial charge in [0.2, 0.25) is 0 Å². The number of urea groups is 2. The number of nitrogens with zero attached hydrogens (tertiary/aromatic N) is 4. The number of hydrogen-bond donors (Lipinski definition) is 1. The maximum atomic E-state index is 13.7. The minimum Gasteiger partial charge on any atom is -0.341 e. The molecule has 0 saturated carbocycles. The molecule has 2 aliphatic rings. The molecule has 192 valence electrons. The summed E-state index contributed by atoms with van der Waals surface area (Å²) in [4.78, 5) is 44.6. The standard InChI is InChI=1S/C23H18F3N5O5S/c1-28-21(33)31-20(14-4-3-12(11-27)9-17(14)37(2,35)36)19-15(5-6-16(19)32)30(22(31)34)18-10-13(7-8-29-18)23(24,25)26/h3-4,7-10,20H,5-6H2,1-2H3,(H,28,33). The van der Waals surface area contributed by atoms with Crippen molar-refractivity contribution < 1.29 is 36.0 Å². The van der Waals surface area contributed by atoms with E-state index in [1.165, 1.54) is 19.2 Å². The van der Waals surface area contributed by atoms with Crippen LogP contribution in [0.4, 0.5) is 28.6 Å². The fourth-order valence-electron chi connectivity index (χ4n) is 4.39. The third kappa shape index (κ3) is 4.42. The average Bonchev–Trinajstić information content (AvgIpc) is 3.22. The minimum absolute atomic E-state index is 0.00999. The van der Waals surface area contributed by atoms with Crippen LogP contribution in [0.1, 0.15) is 35.6 Å². The van der Waals surface area contributed by atoms with Crippen LogP contribution in [0.5, 0.6) is 0 Å². The highest BCUT2D eigenvalue weighted by Gasteiger charge is 2.50. The number of imide groups is 1. The zero-order chi connectivity index (χ0) is 27.3. The molecule has 1 aromatic carbocycles. The van der Waals surface area contributed by atoms with Gasteiger partial charge in [-0.15, -0.1) is 0 Å². The maximum Gasteiger partial charge on any atom is 0.416 e. The van der Waals surface area contributed by atoms with Crippen LogP contribution in [0, 0.1) is 11.3 Å². The van der Waals surface area contributed by atoms with E-state index in [-0.39, 0.29) is 40.1 Å². The van der Waals surface area contributed by atoms with Crippen molar-refractivity contribution >= 4 is 33.5 Å². The van der Waals surface area contributed by atoms with Crippen LogP contribution in [0.15, 0.2) is 52.7 Å². The number of nitrogens with one attached hydrogen (secondary N) is 1. The van der Waals surface area contributed by atoms with Crippen molar-refractivity contribution in [3.63, 3.8) is 0 Å². The second-order valence-corrected chi connectivity index (χ2v) is 10.3. The van der Waals surface area contributed by atoms with Gasteiger partial charge in [0.15, 0.2) is 15.6 Å². The van der Waals surface area contributed by atoms with Gasteiger partial charge in [0.1, 0.15) is 11.9 Å². The molecule has 14 heteroatoms. The van der Waals surface area contributed by atoms with Gasteiger partial charge in [0, 0.05) is 37.2 Å². The van der Waals surface area contributed by atoms with Crippen molar-refractivity contribution in [1.29, 1.82) is 5.26 Å². The topological polar surface area (TPSA) is 141 Å². The molecule has 0 spiro atoms. The summed E-state index contributed by atoms with van der Waals surface area (Å²) < 4.78 is 65.4. The van der Waals surface area contributed by atoms with Gasteiger partial charge in [-0.2, -0.15) is 18.4 Å². The summed E-state index contributed by atoms with van der Waals surface area (Å²) in [7, 11) is -2.84. The first kappa shape index (κ1) is 25.8. The van der Waals surface area contributed by atoms with Gasteiger partial charge in [0.25, 0.3) is 0 Å². The van der Waals surface area contributed by atoms with E-state index in [1.54, 1.807) is 0 Å². The third-order valence-electron chi connectivity index (χ3n) is 5.97. The Kier molecular flexibility index (Phi) is 6.28. The summed E-state index contributed by atoms with van der Waals surface area (Å²) in [5.41, 5.74) is -1.35. The van der Waals surface area contributed by atoms with E-state index < -0.39 is 51.3 Å². The second kappa shape index (κ2) is 9.00. The molecule has 1 aromatic heterocycles. The Morgan fingerprint density at radius 2 is 1.89 bits per heavy atom. The summed E-state index contributed by atoms with van der Waals surface area (Å²) in [5, 5.41) is 11.5. The quantitative estimate of drug-likeness (QED) is 0.638. The van der Waals surface area contributed by atoms with E-state index in [4.69, 9.17) is 0 Å². The van der Waals surface area contributed by atoms with Crippen molar-refractivity contribution in [3.05, 3.63) is 64.5 Å². The van der Waals surface area contributed by atoms with Crippen LogP contribution in [-0.2, 0) is 20.8 Å². The first-order chi connectivity index (χ1) is 17.3. The SMILES string of the molecule is CNC(=O)N1C(=O)N(c2cc(C(F)(F)F)ccn2)C2=C(C(=O)CC2)C1c1ccc(C#N)cc1S(C)(=O)=O. The lowest BCUT2D eigenvalue weighted by molar-refractivity contribution is -0.137. The number of halogens is 3. The van der Waals surface area contributed by atoms with Crippen LogP contribution in [0.2, 0.25) is 0 Å². The van der Waals surface area contributed by atoms with Crippen LogP contribution < -0.4 is 10.2 Å². The number of carbonyl (C=O) groups excluding carboxylic acids is 3. The van der Waals surface area contributed by atoms with Crippen LogP contribution in [0.3, 0.4) is 0 Å². The fraction of sp³-hybridized carbons (Fsp3) is 0.261. The number of alkyl halides is 3. The number of benzene rings is 1. The van der Waals surface area contributed by atoms with Gasteiger partial charge in [-0.1, -0.05) is 6.07 Å². The number of aromatic nitrogens is 1. The van der Waals surface area contributed by atoms with Gasteiger partial charge in [0.05, 0.1) is 22.1 Å². The molecule has 0 bridgehead atoms. The van der Waals surface area contributed by atoms with Crippen LogP contribution in [-0.4, -0.2) is 49.5 Å². The molecule has 1 N–H and O–H groups in total. The van der Waals surface area contributed by atoms with E-state index in [2.05, 4.69) is 10.3 Å². The number of allylic oxidation sites excluding steroid dienone is 1. The van der Waals surface area contributed by atoms with Gasteiger partial charge < -0.3 is 5.32 Å². The minimum atomic E-state index is -4.75. The monoisotopic (exact) mass is 533 g/mol. The number of pyridine rings is 1. The van der Waals surface area contributed by atoms with Gasteiger partial charge in [-0.3, -0.25) is 4.79 Å². The Hall–Kier alpha value is -4.25. The lowest BCUT2D eigenvalue weighted by atomic mass is 9.92. The molecular weight excluding hydrogens is 515 g/mol. The molecule has 2 heterocycles. The zero-order valence-electron chi connectivity index (χ0n) is 19.3. The summed E-state index contributed by atoms with van der Waals surface area (Å²) in [6, 6.07) is 3.03. The number of nitriles is 1. The predicted octanol–water partition coefficient (Wildman–Crippen LogP) is 3.32. The first-order valence-electron chi connectivity index (χ1n) is 10.7. The number of sulfone groups is 1. The Morgan fingerprint density at radius 3 is 2.49 bits per heavy atom. The van der Waals surface area contributed by atoms with E-state index in [1.807, 2.05) is 6.07 Å². The number of hydrogen-bond acceptors (Lipinski definition) is 7. The molecule has 0 fully saturated rings. The Morgan fingerprint density at radius 1 is 1.19 bits per heavy atom. The summed E-state index contributed by atoms with van der Waals surface area (Å²) in [6.07, 6.45) is -3.22. The Labute approximate surface area is 208 Å². The molecule has 4 rings (SSSR count). The number of carbonyl (C=O) groups is 3. The third-order valence-corrected chi connectivity index (χ3v) is 7.12. The molecule has 1 aliphatic heterocycles. The van der Waals surface area contributed by atoms with Crippen molar-refractivity contribution in [1.82, 2.24) is 15.2 Å².